The Morgan fingerprint density at radius 2 is 2.04 bits per heavy atom. The van der Waals surface area contributed by atoms with Crippen LogP contribution in [-0.2, 0) is 4.74 Å². The number of ether oxygens (including phenoxy) is 1. The van der Waals surface area contributed by atoms with Gasteiger partial charge in [0.15, 0.2) is 5.69 Å². The van der Waals surface area contributed by atoms with E-state index in [1.165, 1.54) is 18.4 Å². The molecule has 0 atom stereocenters. The van der Waals surface area contributed by atoms with Gasteiger partial charge in [0.2, 0.25) is 5.82 Å². The van der Waals surface area contributed by atoms with Crippen molar-refractivity contribution in [2.45, 2.75) is 38.5 Å². The van der Waals surface area contributed by atoms with E-state index in [1.54, 1.807) is 23.8 Å². The Hall–Kier alpha value is -2.67. The number of pyridine rings is 1. The monoisotopic (exact) mass is 384 g/mol. The van der Waals surface area contributed by atoms with Gasteiger partial charge in [-0.3, -0.25) is 14.0 Å². The van der Waals surface area contributed by atoms with Crippen molar-refractivity contribution >= 4 is 17.3 Å². The average Bonchev–Trinajstić information content (AvgIpc) is 3.12. The Labute approximate surface area is 165 Å². The Morgan fingerprint density at radius 1 is 1.18 bits per heavy atom. The number of carbonyl (C=O) groups excluding carboxylic acids is 2. The summed E-state index contributed by atoms with van der Waals surface area (Å²) in [6.07, 6.45) is 10.4. The number of carbonyl (C=O) groups is 2. The van der Waals surface area contributed by atoms with Crippen molar-refractivity contribution in [1.82, 2.24) is 20.0 Å². The summed E-state index contributed by atoms with van der Waals surface area (Å²) in [7, 11) is 1.63. The fourth-order valence-corrected chi connectivity index (χ4v) is 3.41. The number of nitrogens with zero attached hydrogens (tertiary/aromatic N) is 2. The SMILES string of the molecule is COCCCNC(=O)c1nc(C(=O)NCCC2=CCCCC2)n2ccccc12. The molecule has 2 heterocycles. The van der Waals surface area contributed by atoms with E-state index in [2.05, 4.69) is 21.7 Å². The molecule has 2 aromatic heterocycles. The number of rotatable bonds is 9. The van der Waals surface area contributed by atoms with Crippen molar-refractivity contribution in [1.29, 1.82) is 0 Å². The van der Waals surface area contributed by atoms with E-state index in [-0.39, 0.29) is 23.3 Å². The van der Waals surface area contributed by atoms with Gasteiger partial charge >= 0.3 is 0 Å². The molecule has 0 unspecified atom stereocenters. The van der Waals surface area contributed by atoms with Gasteiger partial charge in [-0.25, -0.2) is 4.98 Å². The third kappa shape index (κ3) is 4.98. The molecule has 7 nitrogen and oxygen atoms in total. The molecule has 0 bridgehead atoms. The van der Waals surface area contributed by atoms with Crippen LogP contribution in [0.3, 0.4) is 0 Å². The molecule has 0 aromatic carbocycles. The lowest BCUT2D eigenvalue weighted by Gasteiger charge is -2.12. The number of hydrogen-bond donors (Lipinski definition) is 2. The second-order valence-corrected chi connectivity index (χ2v) is 6.96. The second-order valence-electron chi connectivity index (χ2n) is 6.96. The van der Waals surface area contributed by atoms with Crippen LogP contribution >= 0.6 is 0 Å². The molecule has 2 N–H and O–H groups in total. The van der Waals surface area contributed by atoms with Crippen molar-refractivity contribution in [2.75, 3.05) is 26.8 Å². The summed E-state index contributed by atoms with van der Waals surface area (Å²) in [6, 6.07) is 5.44. The number of amides is 2. The zero-order valence-electron chi connectivity index (χ0n) is 16.4. The average molecular weight is 384 g/mol. The van der Waals surface area contributed by atoms with Crippen LogP contribution in [-0.4, -0.2) is 48.0 Å². The number of nitrogens with one attached hydrogen (secondary N) is 2. The molecule has 2 amide bonds. The van der Waals surface area contributed by atoms with E-state index in [4.69, 9.17) is 4.74 Å². The highest BCUT2D eigenvalue weighted by molar-refractivity contribution is 6.02. The minimum atomic E-state index is -0.286. The Balaban J connectivity index is 1.67. The predicted molar refractivity (Wildman–Crippen MR) is 108 cm³/mol. The van der Waals surface area contributed by atoms with Gasteiger partial charge < -0.3 is 15.4 Å². The highest BCUT2D eigenvalue weighted by atomic mass is 16.5. The van der Waals surface area contributed by atoms with Gasteiger partial charge in [-0.05, 0) is 50.7 Å². The van der Waals surface area contributed by atoms with Crippen LogP contribution in [0.4, 0.5) is 0 Å². The van der Waals surface area contributed by atoms with Crippen LogP contribution in [0.15, 0.2) is 36.0 Å². The predicted octanol–water partition coefficient (Wildman–Crippen LogP) is 2.72. The van der Waals surface area contributed by atoms with Crippen LogP contribution in [0.2, 0.25) is 0 Å². The summed E-state index contributed by atoms with van der Waals surface area (Å²) in [5.41, 5.74) is 2.29. The quantitative estimate of drug-likeness (QED) is 0.514. The number of aromatic nitrogens is 2. The molecule has 0 spiro atoms. The summed E-state index contributed by atoms with van der Waals surface area (Å²) in [6.45, 7) is 1.65. The molecule has 0 fully saturated rings. The molecule has 28 heavy (non-hydrogen) atoms. The Kier molecular flexibility index (Phi) is 7.19. The molecular weight excluding hydrogens is 356 g/mol. The largest absolute Gasteiger partial charge is 0.385 e. The molecule has 7 heteroatoms. The van der Waals surface area contributed by atoms with Crippen LogP contribution in [0.25, 0.3) is 5.52 Å². The second kappa shape index (κ2) is 10.0. The molecule has 0 saturated carbocycles. The maximum absolute atomic E-state index is 12.7. The Morgan fingerprint density at radius 3 is 2.82 bits per heavy atom. The van der Waals surface area contributed by atoms with Gasteiger partial charge in [-0.2, -0.15) is 0 Å². The van der Waals surface area contributed by atoms with Crippen LogP contribution in [0.1, 0.15) is 59.6 Å². The maximum atomic E-state index is 12.7. The van der Waals surface area contributed by atoms with Crippen LogP contribution < -0.4 is 10.6 Å². The maximum Gasteiger partial charge on any atom is 0.287 e. The molecule has 3 rings (SSSR count). The summed E-state index contributed by atoms with van der Waals surface area (Å²) in [5, 5.41) is 5.77. The molecule has 1 aliphatic carbocycles. The lowest BCUT2D eigenvalue weighted by Crippen LogP contribution is -2.27. The lowest BCUT2D eigenvalue weighted by molar-refractivity contribution is 0.0942. The number of allylic oxidation sites excluding steroid dienone is 1. The van der Waals surface area contributed by atoms with Crippen molar-refractivity contribution in [2.24, 2.45) is 0 Å². The summed E-state index contributed by atoms with van der Waals surface area (Å²) in [4.78, 5) is 29.5. The van der Waals surface area contributed by atoms with Gasteiger partial charge in [0.25, 0.3) is 11.8 Å². The normalized spacial score (nSPS) is 14.0. The minimum Gasteiger partial charge on any atom is -0.385 e. The van der Waals surface area contributed by atoms with E-state index in [1.807, 2.05) is 12.1 Å². The first-order chi connectivity index (χ1) is 13.7. The molecule has 0 radical (unpaired) electrons. The van der Waals surface area contributed by atoms with Gasteiger partial charge in [0.1, 0.15) is 0 Å². The summed E-state index contributed by atoms with van der Waals surface area (Å²) < 4.78 is 6.65. The van der Waals surface area contributed by atoms with E-state index in [0.717, 1.165) is 25.7 Å². The molecule has 1 aliphatic rings. The first kappa shape index (κ1) is 20.1. The van der Waals surface area contributed by atoms with Gasteiger partial charge in [0.05, 0.1) is 5.52 Å². The third-order valence-corrected chi connectivity index (χ3v) is 4.89. The highest BCUT2D eigenvalue weighted by Crippen LogP contribution is 2.19. The number of imidazole rings is 1. The first-order valence-electron chi connectivity index (χ1n) is 9.91. The van der Waals surface area contributed by atoms with Crippen molar-refractivity contribution in [3.63, 3.8) is 0 Å². The van der Waals surface area contributed by atoms with Gasteiger partial charge in [0, 0.05) is 33.0 Å². The summed E-state index contributed by atoms with van der Waals surface area (Å²) in [5.74, 6) is -0.322. The van der Waals surface area contributed by atoms with Crippen LogP contribution in [0.5, 0.6) is 0 Å². The fraction of sp³-hybridized carbons (Fsp3) is 0.476. The molecular formula is C21H28N4O3. The molecule has 0 saturated heterocycles. The standard InChI is InChI=1S/C21H28N4O3/c1-28-15-7-12-22-20(26)18-17-10-5-6-14-25(17)19(24-18)21(27)23-13-11-16-8-3-2-4-9-16/h5-6,8,10,14H,2-4,7,9,11-13,15H2,1H3,(H,22,26)(H,23,27). The van der Waals surface area contributed by atoms with E-state index in [9.17, 15) is 9.59 Å². The molecule has 0 aliphatic heterocycles. The summed E-state index contributed by atoms with van der Waals surface area (Å²) >= 11 is 0. The number of fused-ring (bicyclic) bond motifs is 1. The van der Waals surface area contributed by atoms with Crippen molar-refractivity contribution in [3.8, 4) is 0 Å². The minimum absolute atomic E-state index is 0.232. The molecule has 2 aromatic rings. The van der Waals surface area contributed by atoms with Crippen molar-refractivity contribution < 1.29 is 14.3 Å². The fourth-order valence-electron chi connectivity index (χ4n) is 3.41. The lowest BCUT2D eigenvalue weighted by atomic mass is 9.97. The van der Waals surface area contributed by atoms with E-state index < -0.39 is 0 Å². The topological polar surface area (TPSA) is 84.7 Å². The Bertz CT molecular complexity index is 856. The first-order valence-corrected chi connectivity index (χ1v) is 9.91. The molecule has 150 valence electrons. The van der Waals surface area contributed by atoms with Gasteiger partial charge in [-0.15, -0.1) is 0 Å². The highest BCUT2D eigenvalue weighted by Gasteiger charge is 2.21. The number of hydrogen-bond acceptors (Lipinski definition) is 4. The third-order valence-electron chi connectivity index (χ3n) is 4.89. The van der Waals surface area contributed by atoms with Crippen LogP contribution in [0, 0.1) is 0 Å². The zero-order valence-corrected chi connectivity index (χ0v) is 16.4. The zero-order chi connectivity index (χ0) is 19.8. The van der Waals surface area contributed by atoms with Gasteiger partial charge in [-0.1, -0.05) is 17.7 Å². The smallest absolute Gasteiger partial charge is 0.287 e. The number of methoxy groups -OCH3 is 1. The van der Waals surface area contributed by atoms with E-state index >= 15 is 0 Å². The van der Waals surface area contributed by atoms with E-state index in [0.29, 0.717) is 25.2 Å². The van der Waals surface area contributed by atoms with Crippen molar-refractivity contribution in [3.05, 3.63) is 47.6 Å².